The molecule has 0 atom stereocenters. The van der Waals surface area contributed by atoms with Gasteiger partial charge in [-0.2, -0.15) is 0 Å². The Morgan fingerprint density at radius 3 is 2.80 bits per heavy atom. The number of fused-ring (bicyclic) bond motifs is 1. The maximum absolute atomic E-state index is 12.4. The lowest BCUT2D eigenvalue weighted by Gasteiger charge is -2.46. The highest BCUT2D eigenvalue weighted by atomic mass is 16.5. The topological polar surface area (TPSA) is 57.8 Å². The summed E-state index contributed by atoms with van der Waals surface area (Å²) in [6.45, 7) is 9.07. The number of aromatic nitrogens is 1. The molecule has 0 aliphatic carbocycles. The summed E-state index contributed by atoms with van der Waals surface area (Å²) in [5.74, 6) is 0.837. The number of nitrogens with one attached hydrogen (secondary N) is 1. The monoisotopic (exact) mass is 343 g/mol. The molecule has 0 saturated carbocycles. The van der Waals surface area contributed by atoms with Crippen molar-refractivity contribution in [3.8, 4) is 5.75 Å². The van der Waals surface area contributed by atoms with E-state index in [2.05, 4.69) is 14.8 Å². The zero-order chi connectivity index (χ0) is 17.2. The van der Waals surface area contributed by atoms with Crippen LogP contribution in [0.2, 0.25) is 0 Å². The van der Waals surface area contributed by atoms with Crippen LogP contribution in [0.3, 0.4) is 0 Å². The molecule has 134 valence electrons. The quantitative estimate of drug-likeness (QED) is 0.890. The standard InChI is InChI=1S/C19H25N3O3/c1-2-25-17-3-4-18-14(10-17)9-15(19(23)20-18)11-21-12-16(13-21)22-5-7-24-8-6-22/h3-4,9-10,16H,2,5-8,11-13H2,1H3,(H,20,23). The Labute approximate surface area is 147 Å². The second-order valence-electron chi connectivity index (χ2n) is 6.80. The van der Waals surface area contributed by atoms with Crippen LogP contribution in [0, 0.1) is 0 Å². The molecule has 25 heavy (non-hydrogen) atoms. The van der Waals surface area contributed by atoms with E-state index in [4.69, 9.17) is 9.47 Å². The van der Waals surface area contributed by atoms with Crippen molar-refractivity contribution in [3.05, 3.63) is 40.2 Å². The second-order valence-corrected chi connectivity index (χ2v) is 6.80. The number of hydrogen-bond donors (Lipinski definition) is 1. The van der Waals surface area contributed by atoms with Crippen molar-refractivity contribution in [1.82, 2.24) is 14.8 Å². The van der Waals surface area contributed by atoms with E-state index in [0.717, 1.165) is 61.6 Å². The van der Waals surface area contributed by atoms with Crippen LogP contribution >= 0.6 is 0 Å². The maximum atomic E-state index is 12.4. The highest BCUT2D eigenvalue weighted by Gasteiger charge is 2.32. The van der Waals surface area contributed by atoms with Gasteiger partial charge >= 0.3 is 0 Å². The number of H-pyrrole nitrogens is 1. The predicted molar refractivity (Wildman–Crippen MR) is 97.2 cm³/mol. The van der Waals surface area contributed by atoms with E-state index in [-0.39, 0.29) is 5.56 Å². The molecule has 2 saturated heterocycles. The van der Waals surface area contributed by atoms with Crippen molar-refractivity contribution in [2.24, 2.45) is 0 Å². The van der Waals surface area contributed by atoms with E-state index in [9.17, 15) is 4.79 Å². The third kappa shape index (κ3) is 3.56. The van der Waals surface area contributed by atoms with E-state index in [1.165, 1.54) is 0 Å². The van der Waals surface area contributed by atoms with Gasteiger partial charge in [0, 0.05) is 55.2 Å². The Kier molecular flexibility index (Phi) is 4.74. The van der Waals surface area contributed by atoms with Gasteiger partial charge in [-0.05, 0) is 31.2 Å². The summed E-state index contributed by atoms with van der Waals surface area (Å²) >= 11 is 0. The van der Waals surface area contributed by atoms with E-state index in [0.29, 0.717) is 19.2 Å². The molecule has 6 heteroatoms. The number of morpholine rings is 1. The van der Waals surface area contributed by atoms with Crippen LogP contribution in [-0.2, 0) is 11.3 Å². The van der Waals surface area contributed by atoms with Crippen molar-refractivity contribution in [1.29, 1.82) is 0 Å². The molecule has 4 rings (SSSR count). The van der Waals surface area contributed by atoms with E-state index >= 15 is 0 Å². The molecule has 2 aromatic rings. The molecule has 0 bridgehead atoms. The predicted octanol–water partition coefficient (Wildman–Crippen LogP) is 1.44. The number of benzene rings is 1. The lowest BCUT2D eigenvalue weighted by molar-refractivity contribution is -0.0345. The van der Waals surface area contributed by atoms with E-state index in [1.54, 1.807) is 0 Å². The molecule has 0 radical (unpaired) electrons. The first-order valence-corrected chi connectivity index (χ1v) is 9.06. The van der Waals surface area contributed by atoms with Crippen molar-refractivity contribution in [2.45, 2.75) is 19.5 Å². The Bertz CT molecular complexity index is 792. The lowest BCUT2D eigenvalue weighted by atomic mass is 10.0. The summed E-state index contributed by atoms with van der Waals surface area (Å²) in [6.07, 6.45) is 0. The van der Waals surface area contributed by atoms with Crippen LogP contribution in [0.15, 0.2) is 29.1 Å². The molecule has 6 nitrogen and oxygen atoms in total. The fraction of sp³-hybridized carbons (Fsp3) is 0.526. The number of rotatable bonds is 5. The maximum Gasteiger partial charge on any atom is 0.252 e. The third-order valence-electron chi connectivity index (χ3n) is 5.10. The van der Waals surface area contributed by atoms with Crippen LogP contribution in [0.4, 0.5) is 0 Å². The van der Waals surface area contributed by atoms with Gasteiger partial charge in [-0.1, -0.05) is 0 Å². The summed E-state index contributed by atoms with van der Waals surface area (Å²) in [5.41, 5.74) is 1.68. The van der Waals surface area contributed by atoms with E-state index in [1.807, 2.05) is 31.2 Å². The first-order valence-electron chi connectivity index (χ1n) is 9.06. The van der Waals surface area contributed by atoms with Gasteiger partial charge in [-0.25, -0.2) is 0 Å². The van der Waals surface area contributed by atoms with Crippen LogP contribution in [0.5, 0.6) is 5.75 Å². The van der Waals surface area contributed by atoms with Crippen molar-refractivity contribution < 1.29 is 9.47 Å². The number of likely N-dealkylation sites (tertiary alicyclic amines) is 1. The zero-order valence-electron chi connectivity index (χ0n) is 14.7. The van der Waals surface area contributed by atoms with Crippen molar-refractivity contribution in [2.75, 3.05) is 46.0 Å². The van der Waals surface area contributed by atoms with Gasteiger partial charge in [0.25, 0.3) is 5.56 Å². The minimum atomic E-state index is 0.00600. The molecule has 0 unspecified atom stereocenters. The summed E-state index contributed by atoms with van der Waals surface area (Å²) < 4.78 is 11.0. The summed E-state index contributed by atoms with van der Waals surface area (Å²) in [7, 11) is 0. The average Bonchev–Trinajstić information content (AvgIpc) is 2.59. The second kappa shape index (κ2) is 7.15. The van der Waals surface area contributed by atoms with Crippen molar-refractivity contribution >= 4 is 10.9 Å². The van der Waals surface area contributed by atoms with Gasteiger partial charge < -0.3 is 14.5 Å². The largest absolute Gasteiger partial charge is 0.494 e. The molecule has 3 heterocycles. The Morgan fingerprint density at radius 2 is 2.04 bits per heavy atom. The van der Waals surface area contributed by atoms with Gasteiger partial charge in [0.05, 0.1) is 19.8 Å². The van der Waals surface area contributed by atoms with Crippen LogP contribution < -0.4 is 10.3 Å². The zero-order valence-corrected chi connectivity index (χ0v) is 14.7. The van der Waals surface area contributed by atoms with Gasteiger partial charge in [0.2, 0.25) is 0 Å². The van der Waals surface area contributed by atoms with Gasteiger partial charge in [-0.3, -0.25) is 14.6 Å². The average molecular weight is 343 g/mol. The highest BCUT2D eigenvalue weighted by Crippen LogP contribution is 2.22. The number of ether oxygens (including phenoxy) is 2. The summed E-state index contributed by atoms with van der Waals surface area (Å²) in [4.78, 5) is 20.2. The molecule has 2 aliphatic heterocycles. The normalized spacial score (nSPS) is 19.9. The minimum Gasteiger partial charge on any atom is -0.494 e. The summed E-state index contributed by atoms with van der Waals surface area (Å²) in [6, 6.07) is 8.39. The van der Waals surface area contributed by atoms with Crippen molar-refractivity contribution in [3.63, 3.8) is 0 Å². The fourth-order valence-corrected chi connectivity index (χ4v) is 3.69. The smallest absolute Gasteiger partial charge is 0.252 e. The number of hydrogen-bond acceptors (Lipinski definition) is 5. The Balaban J connectivity index is 1.44. The summed E-state index contributed by atoms with van der Waals surface area (Å²) in [5, 5.41) is 1.02. The van der Waals surface area contributed by atoms with Gasteiger partial charge in [0.15, 0.2) is 0 Å². The molecule has 1 N–H and O–H groups in total. The minimum absolute atomic E-state index is 0.00600. The Morgan fingerprint density at radius 1 is 1.24 bits per heavy atom. The molecule has 0 amide bonds. The fourth-order valence-electron chi connectivity index (χ4n) is 3.69. The highest BCUT2D eigenvalue weighted by molar-refractivity contribution is 5.80. The molecule has 1 aromatic heterocycles. The molecular formula is C19H25N3O3. The number of aromatic amines is 1. The molecule has 2 aliphatic rings. The SMILES string of the molecule is CCOc1ccc2[nH]c(=O)c(CN3CC(N4CCOCC4)C3)cc2c1. The first-order chi connectivity index (χ1) is 12.2. The Hall–Kier alpha value is -1.89. The van der Waals surface area contributed by atoms with E-state index < -0.39 is 0 Å². The van der Waals surface area contributed by atoms with Crippen LogP contribution in [0.25, 0.3) is 10.9 Å². The number of pyridine rings is 1. The van der Waals surface area contributed by atoms with Crippen LogP contribution in [-0.4, -0.2) is 66.8 Å². The lowest BCUT2D eigenvalue weighted by Crippen LogP contribution is -2.61. The van der Waals surface area contributed by atoms with Gasteiger partial charge in [-0.15, -0.1) is 0 Å². The first kappa shape index (κ1) is 16.6. The molecular weight excluding hydrogens is 318 g/mol. The molecule has 1 aromatic carbocycles. The van der Waals surface area contributed by atoms with Crippen LogP contribution in [0.1, 0.15) is 12.5 Å². The van der Waals surface area contributed by atoms with Gasteiger partial charge in [0.1, 0.15) is 5.75 Å². The molecule has 0 spiro atoms. The third-order valence-corrected chi connectivity index (χ3v) is 5.10. The number of nitrogens with zero attached hydrogens (tertiary/aromatic N) is 2. The molecule has 2 fully saturated rings.